The fourth-order valence-corrected chi connectivity index (χ4v) is 2.42. The van der Waals surface area contributed by atoms with Gasteiger partial charge in [0.2, 0.25) is 0 Å². The first kappa shape index (κ1) is 9.44. The lowest BCUT2D eigenvalue weighted by atomic mass is 9.96. The Labute approximate surface area is 80.2 Å². The third-order valence-corrected chi connectivity index (χ3v) is 3.26. The van der Waals surface area contributed by atoms with Gasteiger partial charge in [-0.15, -0.1) is 0 Å². The Morgan fingerprint density at radius 2 is 2.15 bits per heavy atom. The van der Waals surface area contributed by atoms with Crippen LogP contribution < -0.4 is 5.73 Å². The van der Waals surface area contributed by atoms with Gasteiger partial charge in [0.15, 0.2) is 0 Å². The molecular weight excluding hydrogens is 164 g/mol. The van der Waals surface area contributed by atoms with Crippen molar-refractivity contribution in [3.05, 3.63) is 0 Å². The van der Waals surface area contributed by atoms with Gasteiger partial charge in [-0.1, -0.05) is 6.42 Å². The zero-order valence-corrected chi connectivity index (χ0v) is 8.24. The highest BCUT2D eigenvalue weighted by Gasteiger charge is 2.32. The molecule has 3 nitrogen and oxygen atoms in total. The second kappa shape index (κ2) is 4.40. The lowest BCUT2D eigenvalue weighted by Crippen LogP contribution is -2.55. The number of nitrogens with two attached hydrogens (primary N) is 1. The highest BCUT2D eigenvalue weighted by atomic mass is 16.5. The first-order valence-electron chi connectivity index (χ1n) is 5.45. The van der Waals surface area contributed by atoms with Crippen LogP contribution in [0.4, 0.5) is 0 Å². The summed E-state index contributed by atoms with van der Waals surface area (Å²) in [6, 6.07) is 1.45. The van der Waals surface area contributed by atoms with E-state index < -0.39 is 0 Å². The highest BCUT2D eigenvalue weighted by molar-refractivity contribution is 4.86. The summed E-state index contributed by atoms with van der Waals surface area (Å²) in [5.41, 5.74) is 5.62. The van der Waals surface area contributed by atoms with Crippen molar-refractivity contribution in [1.29, 1.82) is 0 Å². The van der Waals surface area contributed by atoms with Crippen LogP contribution in [0, 0.1) is 0 Å². The molecule has 0 bridgehead atoms. The van der Waals surface area contributed by atoms with Gasteiger partial charge in [0.05, 0.1) is 19.3 Å². The van der Waals surface area contributed by atoms with Crippen molar-refractivity contribution in [3.8, 4) is 0 Å². The fraction of sp³-hybridized carbons (Fsp3) is 1.00. The maximum Gasteiger partial charge on any atom is 0.0645 e. The van der Waals surface area contributed by atoms with Crippen LogP contribution in [0.5, 0.6) is 0 Å². The van der Waals surface area contributed by atoms with E-state index >= 15 is 0 Å². The van der Waals surface area contributed by atoms with E-state index in [1.165, 1.54) is 25.8 Å². The zero-order chi connectivity index (χ0) is 9.10. The smallest absolute Gasteiger partial charge is 0.0645 e. The number of rotatable bonds is 3. The standard InChI is InChI=1S/C10H20N2O/c11-5-4-9-3-1-2-6-12(9)10-7-13-8-10/h9-10H,1-8,11H2. The molecule has 2 fully saturated rings. The van der Waals surface area contributed by atoms with Gasteiger partial charge < -0.3 is 10.5 Å². The Kier molecular flexibility index (Phi) is 3.19. The highest BCUT2D eigenvalue weighted by Crippen LogP contribution is 2.24. The lowest BCUT2D eigenvalue weighted by molar-refractivity contribution is -0.0878. The van der Waals surface area contributed by atoms with Crippen molar-refractivity contribution < 1.29 is 4.74 Å². The van der Waals surface area contributed by atoms with Crippen molar-refractivity contribution in [3.63, 3.8) is 0 Å². The van der Waals surface area contributed by atoms with Gasteiger partial charge in [0.1, 0.15) is 0 Å². The summed E-state index contributed by atoms with van der Waals surface area (Å²) in [6.45, 7) is 3.98. The Morgan fingerprint density at radius 3 is 2.77 bits per heavy atom. The average molecular weight is 184 g/mol. The minimum Gasteiger partial charge on any atom is -0.378 e. The molecular formula is C10H20N2O. The van der Waals surface area contributed by atoms with Crippen molar-refractivity contribution in [2.24, 2.45) is 5.73 Å². The molecule has 0 radical (unpaired) electrons. The largest absolute Gasteiger partial charge is 0.378 e. The predicted octanol–water partition coefficient (Wildman–Crippen LogP) is 0.589. The summed E-state index contributed by atoms with van der Waals surface area (Å²) in [5, 5.41) is 0. The SMILES string of the molecule is NCCC1CCCCN1C1COC1. The van der Waals surface area contributed by atoms with Crippen molar-refractivity contribution in [2.75, 3.05) is 26.3 Å². The first-order valence-corrected chi connectivity index (χ1v) is 5.45. The van der Waals surface area contributed by atoms with Gasteiger partial charge in [0, 0.05) is 6.04 Å². The number of likely N-dealkylation sites (tertiary alicyclic amines) is 1. The zero-order valence-electron chi connectivity index (χ0n) is 8.24. The average Bonchev–Trinajstić information content (AvgIpc) is 2.05. The van der Waals surface area contributed by atoms with Crippen LogP contribution >= 0.6 is 0 Å². The minimum atomic E-state index is 0.705. The van der Waals surface area contributed by atoms with E-state index in [4.69, 9.17) is 10.5 Å². The van der Waals surface area contributed by atoms with E-state index in [0.717, 1.165) is 32.2 Å². The molecule has 2 saturated heterocycles. The number of piperidine rings is 1. The third-order valence-electron chi connectivity index (χ3n) is 3.26. The second-order valence-corrected chi connectivity index (χ2v) is 4.16. The van der Waals surface area contributed by atoms with Crippen molar-refractivity contribution in [1.82, 2.24) is 4.90 Å². The van der Waals surface area contributed by atoms with Crippen LogP contribution in [-0.2, 0) is 4.74 Å². The number of hydrogen-bond donors (Lipinski definition) is 1. The summed E-state index contributed by atoms with van der Waals surface area (Å²) in [4.78, 5) is 2.62. The first-order chi connectivity index (χ1) is 6.42. The van der Waals surface area contributed by atoms with E-state index in [-0.39, 0.29) is 0 Å². The molecule has 13 heavy (non-hydrogen) atoms. The maximum absolute atomic E-state index is 5.62. The molecule has 0 aromatic heterocycles. The Bertz CT molecular complexity index is 157. The Morgan fingerprint density at radius 1 is 1.31 bits per heavy atom. The van der Waals surface area contributed by atoms with E-state index in [1.54, 1.807) is 0 Å². The summed E-state index contributed by atoms with van der Waals surface area (Å²) in [7, 11) is 0. The van der Waals surface area contributed by atoms with E-state index in [1.807, 2.05) is 0 Å². The maximum atomic E-state index is 5.62. The molecule has 0 spiro atoms. The van der Waals surface area contributed by atoms with Crippen LogP contribution in [0.2, 0.25) is 0 Å². The molecule has 0 aliphatic carbocycles. The van der Waals surface area contributed by atoms with Crippen LogP contribution in [-0.4, -0.2) is 43.3 Å². The molecule has 0 amide bonds. The summed E-state index contributed by atoms with van der Waals surface area (Å²) in [5.74, 6) is 0. The molecule has 0 aromatic rings. The van der Waals surface area contributed by atoms with E-state index in [9.17, 15) is 0 Å². The molecule has 0 aromatic carbocycles. The molecule has 2 aliphatic rings. The second-order valence-electron chi connectivity index (χ2n) is 4.16. The van der Waals surface area contributed by atoms with Crippen LogP contribution in [0.15, 0.2) is 0 Å². The van der Waals surface area contributed by atoms with Crippen LogP contribution in [0.25, 0.3) is 0 Å². The van der Waals surface area contributed by atoms with Crippen molar-refractivity contribution >= 4 is 0 Å². The summed E-state index contributed by atoms with van der Waals surface area (Å²) < 4.78 is 5.24. The van der Waals surface area contributed by atoms with Crippen LogP contribution in [0.3, 0.4) is 0 Å². The van der Waals surface area contributed by atoms with Gasteiger partial charge in [0.25, 0.3) is 0 Å². The molecule has 1 atom stereocenters. The normalized spacial score (nSPS) is 31.6. The third kappa shape index (κ3) is 2.03. The van der Waals surface area contributed by atoms with E-state index in [2.05, 4.69) is 4.90 Å². The van der Waals surface area contributed by atoms with E-state index in [0.29, 0.717) is 6.04 Å². The number of hydrogen-bond acceptors (Lipinski definition) is 3. The molecule has 2 heterocycles. The summed E-state index contributed by atoms with van der Waals surface area (Å²) in [6.07, 6.45) is 5.25. The molecule has 0 saturated carbocycles. The molecule has 3 heteroatoms. The van der Waals surface area contributed by atoms with Crippen LogP contribution in [0.1, 0.15) is 25.7 Å². The lowest BCUT2D eigenvalue weighted by Gasteiger charge is -2.44. The van der Waals surface area contributed by atoms with Gasteiger partial charge in [-0.25, -0.2) is 0 Å². The number of nitrogens with zero attached hydrogens (tertiary/aromatic N) is 1. The van der Waals surface area contributed by atoms with Gasteiger partial charge in [-0.05, 0) is 32.4 Å². The van der Waals surface area contributed by atoms with Gasteiger partial charge >= 0.3 is 0 Å². The fourth-order valence-electron chi connectivity index (χ4n) is 2.42. The van der Waals surface area contributed by atoms with Gasteiger partial charge in [-0.2, -0.15) is 0 Å². The quantitative estimate of drug-likeness (QED) is 0.697. The monoisotopic (exact) mass is 184 g/mol. The Balaban J connectivity index is 1.87. The van der Waals surface area contributed by atoms with Crippen molar-refractivity contribution in [2.45, 2.75) is 37.8 Å². The van der Waals surface area contributed by atoms with Gasteiger partial charge in [-0.3, -0.25) is 4.90 Å². The molecule has 1 unspecified atom stereocenters. The predicted molar refractivity (Wildman–Crippen MR) is 52.6 cm³/mol. The molecule has 2 rings (SSSR count). The Hall–Kier alpha value is -0.120. The summed E-state index contributed by atoms with van der Waals surface area (Å²) >= 11 is 0. The molecule has 2 aliphatic heterocycles. The minimum absolute atomic E-state index is 0.705. The topological polar surface area (TPSA) is 38.5 Å². The number of ether oxygens (including phenoxy) is 1. The molecule has 76 valence electrons. The molecule has 2 N–H and O–H groups in total.